The number of nitrogens with one attached hydrogen (secondary N) is 1. The van der Waals surface area contributed by atoms with E-state index in [2.05, 4.69) is 15.6 Å². The third-order valence-corrected chi connectivity index (χ3v) is 9.48. The summed E-state index contributed by atoms with van der Waals surface area (Å²) in [5, 5.41) is 9.70. The van der Waals surface area contributed by atoms with E-state index in [-0.39, 0.29) is 23.5 Å². The van der Waals surface area contributed by atoms with Gasteiger partial charge < -0.3 is 4.57 Å². The average Bonchev–Trinajstić information content (AvgIpc) is 3.44. The second-order valence-electron chi connectivity index (χ2n) is 9.12. The van der Waals surface area contributed by atoms with Gasteiger partial charge in [0.15, 0.2) is 15.5 Å². The third kappa shape index (κ3) is 3.63. The molecule has 2 fully saturated rings. The summed E-state index contributed by atoms with van der Waals surface area (Å²) in [7, 11) is -1.16. The van der Waals surface area contributed by atoms with Gasteiger partial charge in [-0.3, -0.25) is 4.79 Å². The van der Waals surface area contributed by atoms with Crippen LogP contribution < -0.4 is 10.2 Å². The zero-order valence-electron chi connectivity index (χ0n) is 18.9. The first-order valence-electron chi connectivity index (χ1n) is 11.3. The van der Waals surface area contributed by atoms with Crippen LogP contribution in [0.5, 0.6) is 0 Å². The van der Waals surface area contributed by atoms with Gasteiger partial charge in [-0.1, -0.05) is 23.5 Å². The maximum atomic E-state index is 13.4. The fourth-order valence-corrected chi connectivity index (χ4v) is 7.34. The van der Waals surface area contributed by atoms with Gasteiger partial charge in [0.25, 0.3) is 5.91 Å². The minimum Gasteiger partial charge on any atom is -0.318 e. The highest BCUT2D eigenvalue weighted by atomic mass is 32.2. The van der Waals surface area contributed by atoms with Gasteiger partial charge in [-0.25, -0.2) is 23.5 Å². The van der Waals surface area contributed by atoms with Crippen molar-refractivity contribution in [2.75, 3.05) is 11.5 Å². The molecule has 176 valence electrons. The summed E-state index contributed by atoms with van der Waals surface area (Å²) in [4.78, 5) is 18.9. The van der Waals surface area contributed by atoms with Gasteiger partial charge in [0.1, 0.15) is 0 Å². The first kappa shape index (κ1) is 21.5. The van der Waals surface area contributed by atoms with E-state index in [1.165, 1.54) is 11.3 Å². The van der Waals surface area contributed by atoms with Crippen molar-refractivity contribution in [2.24, 2.45) is 12.1 Å². The van der Waals surface area contributed by atoms with Crippen LogP contribution in [0.2, 0.25) is 0 Å². The van der Waals surface area contributed by atoms with E-state index in [4.69, 9.17) is 4.98 Å². The molecule has 3 aromatic heterocycles. The maximum Gasteiger partial charge on any atom is 0.272 e. The number of rotatable bonds is 4. The highest BCUT2D eigenvalue weighted by Gasteiger charge is 2.34. The molecule has 1 aliphatic heterocycles. The van der Waals surface area contributed by atoms with Crippen molar-refractivity contribution in [1.82, 2.24) is 24.8 Å². The molecule has 0 radical (unpaired) electrons. The van der Waals surface area contributed by atoms with E-state index in [0.29, 0.717) is 39.4 Å². The summed E-state index contributed by atoms with van der Waals surface area (Å²) < 4.78 is 28.9. The van der Waals surface area contributed by atoms with Gasteiger partial charge in [-0.2, -0.15) is 5.10 Å². The van der Waals surface area contributed by atoms with Gasteiger partial charge in [0.05, 0.1) is 44.4 Å². The van der Waals surface area contributed by atoms with Crippen LogP contribution >= 0.6 is 11.3 Å². The molecule has 1 saturated heterocycles. The molecule has 11 heteroatoms. The number of carbonyl (C=O) groups excluding carboxylic acids is 1. The van der Waals surface area contributed by atoms with E-state index in [1.54, 1.807) is 4.68 Å². The number of amides is 1. The summed E-state index contributed by atoms with van der Waals surface area (Å²) in [6.07, 6.45) is 2.58. The van der Waals surface area contributed by atoms with Gasteiger partial charge in [0, 0.05) is 18.7 Å². The smallest absolute Gasteiger partial charge is 0.272 e. The zero-order valence-corrected chi connectivity index (χ0v) is 20.5. The van der Waals surface area contributed by atoms with Crippen LogP contribution in [0.4, 0.5) is 0 Å². The highest BCUT2D eigenvalue weighted by Crippen LogP contribution is 2.41. The Morgan fingerprint density at radius 3 is 2.74 bits per heavy atom. The van der Waals surface area contributed by atoms with E-state index < -0.39 is 9.84 Å². The SMILES string of the molecule is Cc1nn(C2CCS(=O)(=O)C2)c2nc(C3CC3)cc(C(=O)N/N=c3\sc4ccccc4n3C)c12. The molecule has 4 aromatic rings. The van der Waals surface area contributed by atoms with Gasteiger partial charge in [-0.15, -0.1) is 5.10 Å². The van der Waals surface area contributed by atoms with E-state index in [1.807, 2.05) is 48.9 Å². The fourth-order valence-electron chi connectivity index (χ4n) is 4.67. The normalized spacial score (nSPS) is 20.4. The van der Waals surface area contributed by atoms with E-state index in [9.17, 15) is 13.2 Å². The molecule has 1 aliphatic carbocycles. The van der Waals surface area contributed by atoms with Crippen molar-refractivity contribution in [2.45, 2.75) is 38.1 Å². The predicted molar refractivity (Wildman–Crippen MR) is 130 cm³/mol. The Morgan fingerprint density at radius 1 is 1.24 bits per heavy atom. The Labute approximate surface area is 200 Å². The number of benzene rings is 1. The van der Waals surface area contributed by atoms with Crippen molar-refractivity contribution in [3.63, 3.8) is 0 Å². The van der Waals surface area contributed by atoms with E-state index >= 15 is 0 Å². The summed E-state index contributed by atoms with van der Waals surface area (Å²) in [5.41, 5.74) is 6.35. The number of nitrogens with zero attached hydrogens (tertiary/aromatic N) is 5. The fraction of sp³-hybridized carbons (Fsp3) is 0.391. The summed E-state index contributed by atoms with van der Waals surface area (Å²) in [6.45, 7) is 1.83. The molecule has 4 heterocycles. The molecule has 9 nitrogen and oxygen atoms in total. The van der Waals surface area contributed by atoms with Crippen LogP contribution in [0, 0.1) is 6.92 Å². The van der Waals surface area contributed by atoms with Gasteiger partial charge >= 0.3 is 0 Å². The Bertz CT molecular complexity index is 1640. The predicted octanol–water partition coefficient (Wildman–Crippen LogP) is 2.78. The number of thiazole rings is 1. The van der Waals surface area contributed by atoms with Crippen LogP contribution in [-0.4, -0.2) is 45.2 Å². The van der Waals surface area contributed by atoms with Crippen molar-refractivity contribution >= 4 is 48.3 Å². The molecule has 0 bridgehead atoms. The number of fused-ring (bicyclic) bond motifs is 2. The van der Waals surface area contributed by atoms with Crippen LogP contribution in [-0.2, 0) is 16.9 Å². The van der Waals surface area contributed by atoms with Crippen LogP contribution in [0.1, 0.15) is 53.0 Å². The number of hydrogen-bond acceptors (Lipinski definition) is 7. The third-order valence-electron chi connectivity index (χ3n) is 6.62. The minimum atomic E-state index is -3.08. The molecule has 1 atom stereocenters. The molecule has 34 heavy (non-hydrogen) atoms. The van der Waals surface area contributed by atoms with Gasteiger partial charge in [-0.05, 0) is 44.4 Å². The number of carbonyl (C=O) groups is 1. The van der Waals surface area contributed by atoms with E-state index in [0.717, 1.165) is 28.8 Å². The summed E-state index contributed by atoms with van der Waals surface area (Å²) in [6, 6.07) is 9.57. The quantitative estimate of drug-likeness (QED) is 0.437. The molecule has 0 spiro atoms. The lowest BCUT2D eigenvalue weighted by molar-refractivity contribution is 0.0954. The number of hydrogen-bond donors (Lipinski definition) is 1. The standard InChI is InChI=1S/C23H24N6O3S2/c1-13-20-16(22(30)25-26-23-28(2)18-5-3-4-6-19(18)33-23)11-17(14-7-8-14)24-21(20)29(27-13)15-9-10-34(31,32)12-15/h3-6,11,14-15H,7-10,12H2,1-2H3,(H,25,30)/b26-23-. The van der Waals surface area contributed by atoms with Crippen molar-refractivity contribution in [3.05, 3.63) is 52.1 Å². The first-order valence-corrected chi connectivity index (χ1v) is 13.9. The molecular weight excluding hydrogens is 472 g/mol. The Balaban J connectivity index is 1.43. The molecule has 1 saturated carbocycles. The summed E-state index contributed by atoms with van der Waals surface area (Å²) >= 11 is 1.50. The Morgan fingerprint density at radius 2 is 2.03 bits per heavy atom. The Hall–Kier alpha value is -3.05. The lowest BCUT2D eigenvalue weighted by Gasteiger charge is -2.11. The summed E-state index contributed by atoms with van der Waals surface area (Å²) in [5.74, 6) is 0.203. The molecular formula is C23H24N6O3S2. The zero-order chi connectivity index (χ0) is 23.6. The molecule has 1 N–H and O–H groups in total. The molecule has 1 aromatic carbocycles. The highest BCUT2D eigenvalue weighted by molar-refractivity contribution is 7.91. The number of para-hydroxylation sites is 1. The van der Waals surface area contributed by atoms with Crippen LogP contribution in [0.25, 0.3) is 21.3 Å². The Kier molecular flexibility index (Phi) is 4.89. The second-order valence-corrected chi connectivity index (χ2v) is 12.4. The van der Waals surface area contributed by atoms with Gasteiger partial charge in [0.2, 0.25) is 4.80 Å². The molecule has 1 unspecified atom stereocenters. The second kappa shape index (κ2) is 7.74. The monoisotopic (exact) mass is 496 g/mol. The molecule has 2 aliphatic rings. The first-order chi connectivity index (χ1) is 16.3. The topological polar surface area (TPSA) is 111 Å². The molecule has 1 amide bonds. The lowest BCUT2D eigenvalue weighted by Crippen LogP contribution is -2.24. The number of pyridine rings is 1. The van der Waals surface area contributed by atoms with Crippen molar-refractivity contribution in [1.29, 1.82) is 0 Å². The number of sulfone groups is 1. The minimum absolute atomic E-state index is 0.0534. The van der Waals surface area contributed by atoms with Crippen LogP contribution in [0.3, 0.4) is 0 Å². The average molecular weight is 497 g/mol. The number of aromatic nitrogens is 4. The van der Waals surface area contributed by atoms with Crippen molar-refractivity contribution in [3.8, 4) is 0 Å². The largest absolute Gasteiger partial charge is 0.318 e. The molecule has 6 rings (SSSR count). The maximum absolute atomic E-state index is 13.4. The lowest BCUT2D eigenvalue weighted by atomic mass is 10.1. The number of aryl methyl sites for hydroxylation is 2. The van der Waals surface area contributed by atoms with Crippen molar-refractivity contribution < 1.29 is 13.2 Å². The van der Waals surface area contributed by atoms with Crippen LogP contribution in [0.15, 0.2) is 35.4 Å².